The van der Waals surface area contributed by atoms with Crippen LogP contribution in [0, 0.1) is 0 Å². The predicted molar refractivity (Wildman–Crippen MR) is 98.1 cm³/mol. The van der Waals surface area contributed by atoms with Gasteiger partial charge in [0.1, 0.15) is 6.04 Å². The maximum absolute atomic E-state index is 11.0. The SMILES string of the molecule is CCCCCCCCCCCCCCC(C(=O)O)N(C)C.Cl. The Morgan fingerprint density at radius 1 is 0.818 bits per heavy atom. The lowest BCUT2D eigenvalue weighted by atomic mass is 10.0. The van der Waals surface area contributed by atoms with Gasteiger partial charge >= 0.3 is 5.97 Å². The lowest BCUT2D eigenvalue weighted by molar-refractivity contribution is -0.142. The van der Waals surface area contributed by atoms with Crippen molar-refractivity contribution in [3.63, 3.8) is 0 Å². The Morgan fingerprint density at radius 2 is 1.18 bits per heavy atom. The molecular weight excluding hydrogens is 298 g/mol. The fourth-order valence-corrected chi connectivity index (χ4v) is 2.78. The minimum absolute atomic E-state index is 0. The molecule has 0 fully saturated rings. The minimum Gasteiger partial charge on any atom is -0.480 e. The Hall–Kier alpha value is -0.280. The van der Waals surface area contributed by atoms with Crippen LogP contribution in [0.2, 0.25) is 0 Å². The number of carboxylic acid groups (broad SMARTS) is 1. The molecule has 0 rings (SSSR count). The van der Waals surface area contributed by atoms with Crippen LogP contribution in [0.1, 0.15) is 90.4 Å². The van der Waals surface area contributed by atoms with E-state index in [1.165, 1.54) is 70.6 Å². The first-order chi connectivity index (χ1) is 10.1. The second kappa shape index (κ2) is 17.1. The Bertz CT molecular complexity index is 247. The number of carboxylic acids is 1. The summed E-state index contributed by atoms with van der Waals surface area (Å²) in [5.74, 6) is -0.692. The van der Waals surface area contributed by atoms with Crippen molar-refractivity contribution >= 4 is 18.4 Å². The zero-order valence-corrected chi connectivity index (χ0v) is 15.8. The van der Waals surface area contributed by atoms with Gasteiger partial charge in [0.15, 0.2) is 0 Å². The molecule has 0 saturated heterocycles. The summed E-state index contributed by atoms with van der Waals surface area (Å²) in [6, 6.07) is -0.312. The van der Waals surface area contributed by atoms with Crippen molar-refractivity contribution in [1.29, 1.82) is 0 Å². The highest BCUT2D eigenvalue weighted by molar-refractivity contribution is 5.85. The highest BCUT2D eigenvalue weighted by atomic mass is 35.5. The summed E-state index contributed by atoms with van der Waals surface area (Å²) in [5, 5.41) is 9.08. The Balaban J connectivity index is 0. The molecule has 3 nitrogen and oxygen atoms in total. The van der Waals surface area contributed by atoms with Crippen LogP contribution in [0.3, 0.4) is 0 Å². The van der Waals surface area contributed by atoms with Gasteiger partial charge in [0, 0.05) is 0 Å². The molecule has 0 aromatic heterocycles. The average molecular weight is 336 g/mol. The molecule has 0 spiro atoms. The van der Waals surface area contributed by atoms with Gasteiger partial charge in [-0.25, -0.2) is 0 Å². The van der Waals surface area contributed by atoms with E-state index >= 15 is 0 Å². The standard InChI is InChI=1S/C18H37NO2.ClH/c1-4-5-6-7-8-9-10-11-12-13-14-15-16-17(18(20)21)19(2)3;/h17H,4-16H2,1-3H3,(H,20,21);1H. The van der Waals surface area contributed by atoms with Crippen LogP contribution in [0.4, 0.5) is 0 Å². The monoisotopic (exact) mass is 335 g/mol. The second-order valence-electron chi connectivity index (χ2n) is 6.50. The van der Waals surface area contributed by atoms with Crippen molar-refractivity contribution in [1.82, 2.24) is 4.90 Å². The summed E-state index contributed by atoms with van der Waals surface area (Å²) in [6.45, 7) is 2.26. The molecule has 0 heterocycles. The van der Waals surface area contributed by atoms with Gasteiger partial charge in [0.25, 0.3) is 0 Å². The lowest BCUT2D eigenvalue weighted by Gasteiger charge is -2.19. The minimum atomic E-state index is -0.692. The molecule has 0 aromatic rings. The number of likely N-dealkylation sites (N-methyl/N-ethyl adjacent to an activating group) is 1. The van der Waals surface area contributed by atoms with Gasteiger partial charge in [0.2, 0.25) is 0 Å². The first-order valence-corrected chi connectivity index (χ1v) is 8.98. The maximum atomic E-state index is 11.0. The molecule has 0 radical (unpaired) electrons. The molecule has 1 atom stereocenters. The van der Waals surface area contributed by atoms with E-state index in [4.69, 9.17) is 5.11 Å². The number of carbonyl (C=O) groups is 1. The van der Waals surface area contributed by atoms with E-state index in [0.29, 0.717) is 0 Å². The number of rotatable bonds is 15. The van der Waals surface area contributed by atoms with Gasteiger partial charge in [-0.15, -0.1) is 12.4 Å². The molecule has 0 aromatic carbocycles. The normalized spacial score (nSPS) is 12.2. The topological polar surface area (TPSA) is 40.5 Å². The van der Waals surface area contributed by atoms with Gasteiger partial charge in [-0.05, 0) is 20.5 Å². The van der Waals surface area contributed by atoms with Crippen molar-refractivity contribution in [3.05, 3.63) is 0 Å². The molecule has 0 bridgehead atoms. The summed E-state index contributed by atoms with van der Waals surface area (Å²) < 4.78 is 0. The van der Waals surface area contributed by atoms with Gasteiger partial charge in [-0.2, -0.15) is 0 Å². The summed E-state index contributed by atoms with van der Waals surface area (Å²) in [6.07, 6.45) is 16.6. The molecule has 0 aliphatic heterocycles. The van der Waals surface area contributed by atoms with Crippen LogP contribution in [0.25, 0.3) is 0 Å². The van der Waals surface area contributed by atoms with Crippen LogP contribution in [-0.2, 0) is 4.79 Å². The largest absolute Gasteiger partial charge is 0.480 e. The quantitative estimate of drug-likeness (QED) is 0.401. The Labute approximate surface area is 144 Å². The van der Waals surface area contributed by atoms with Crippen LogP contribution in [0.5, 0.6) is 0 Å². The first kappa shape index (κ1) is 24.0. The van der Waals surface area contributed by atoms with E-state index in [1.807, 2.05) is 14.1 Å². The number of hydrogen-bond acceptors (Lipinski definition) is 2. The average Bonchev–Trinajstić information content (AvgIpc) is 2.43. The zero-order chi connectivity index (χ0) is 15.9. The fourth-order valence-electron chi connectivity index (χ4n) is 2.78. The molecule has 4 heteroatoms. The van der Waals surface area contributed by atoms with Crippen LogP contribution in [0.15, 0.2) is 0 Å². The smallest absolute Gasteiger partial charge is 0.320 e. The van der Waals surface area contributed by atoms with E-state index in [1.54, 1.807) is 4.90 Å². The van der Waals surface area contributed by atoms with Crippen molar-refractivity contribution in [2.75, 3.05) is 14.1 Å². The third-order valence-corrected chi connectivity index (χ3v) is 4.24. The fraction of sp³-hybridized carbons (Fsp3) is 0.944. The van der Waals surface area contributed by atoms with Crippen molar-refractivity contribution in [2.24, 2.45) is 0 Å². The number of hydrogen-bond donors (Lipinski definition) is 1. The van der Waals surface area contributed by atoms with Crippen molar-refractivity contribution in [3.8, 4) is 0 Å². The maximum Gasteiger partial charge on any atom is 0.320 e. The van der Waals surface area contributed by atoms with E-state index in [9.17, 15) is 4.79 Å². The summed E-state index contributed by atoms with van der Waals surface area (Å²) in [7, 11) is 3.69. The zero-order valence-electron chi connectivity index (χ0n) is 15.0. The van der Waals surface area contributed by atoms with Crippen LogP contribution in [-0.4, -0.2) is 36.1 Å². The molecule has 0 amide bonds. The first-order valence-electron chi connectivity index (χ1n) is 8.98. The highest BCUT2D eigenvalue weighted by Gasteiger charge is 2.18. The second-order valence-corrected chi connectivity index (χ2v) is 6.50. The predicted octanol–water partition coefficient (Wildman–Crippen LogP) is 5.51. The van der Waals surface area contributed by atoms with E-state index < -0.39 is 5.97 Å². The van der Waals surface area contributed by atoms with Crippen LogP contribution < -0.4 is 0 Å². The summed E-state index contributed by atoms with van der Waals surface area (Å²) in [5.41, 5.74) is 0. The molecule has 0 aliphatic carbocycles. The molecule has 0 saturated carbocycles. The lowest BCUT2D eigenvalue weighted by Crippen LogP contribution is -2.35. The van der Waals surface area contributed by atoms with Gasteiger partial charge in [-0.3, -0.25) is 9.69 Å². The molecule has 1 unspecified atom stereocenters. The summed E-state index contributed by atoms with van der Waals surface area (Å²) >= 11 is 0. The van der Waals surface area contributed by atoms with Gasteiger partial charge < -0.3 is 5.11 Å². The number of nitrogens with zero attached hydrogens (tertiary/aromatic N) is 1. The van der Waals surface area contributed by atoms with E-state index in [0.717, 1.165) is 12.8 Å². The Kier molecular flexibility index (Phi) is 18.6. The Morgan fingerprint density at radius 3 is 1.50 bits per heavy atom. The molecule has 1 N–H and O–H groups in total. The van der Waals surface area contributed by atoms with Crippen molar-refractivity contribution in [2.45, 2.75) is 96.4 Å². The van der Waals surface area contributed by atoms with E-state index in [-0.39, 0.29) is 18.4 Å². The summed E-state index contributed by atoms with van der Waals surface area (Å²) in [4.78, 5) is 12.8. The van der Waals surface area contributed by atoms with Crippen molar-refractivity contribution < 1.29 is 9.90 Å². The van der Waals surface area contributed by atoms with Gasteiger partial charge in [-0.1, -0.05) is 84.0 Å². The number of unbranched alkanes of at least 4 members (excludes halogenated alkanes) is 11. The third kappa shape index (κ3) is 14.6. The van der Waals surface area contributed by atoms with E-state index in [2.05, 4.69) is 6.92 Å². The van der Waals surface area contributed by atoms with Crippen LogP contribution >= 0.6 is 12.4 Å². The number of aliphatic carboxylic acids is 1. The number of halogens is 1. The highest BCUT2D eigenvalue weighted by Crippen LogP contribution is 2.13. The molecule has 134 valence electrons. The molecule has 0 aliphatic rings. The molecule has 22 heavy (non-hydrogen) atoms. The molecular formula is C18H38ClNO2. The van der Waals surface area contributed by atoms with Gasteiger partial charge in [0.05, 0.1) is 0 Å². The third-order valence-electron chi connectivity index (χ3n) is 4.24.